The first-order valence-electron chi connectivity index (χ1n) is 5.88. The average Bonchev–Trinajstić information content (AvgIpc) is 2.88. The molecule has 0 atom stereocenters. The first-order valence-corrected chi connectivity index (χ1v) is 6.86. The van der Waals surface area contributed by atoms with E-state index in [0.717, 1.165) is 0 Å². The molecule has 2 rings (SSSR count). The highest BCUT2D eigenvalue weighted by molar-refractivity contribution is 7.99. The molecule has 21 heavy (non-hydrogen) atoms. The third kappa shape index (κ3) is 4.28. The standard InChI is InChI=1S/C12H12FN5O2S/c1-18-7-14-17-12(18)21-6-10(19)15-16-11(20)8-2-4-9(13)5-3-8/h2-5,7H,6H2,1H3,(H,15,19)(H,16,20). The maximum atomic E-state index is 12.7. The van der Waals surface area contributed by atoms with Gasteiger partial charge >= 0.3 is 0 Å². The lowest BCUT2D eigenvalue weighted by Crippen LogP contribution is -2.42. The molecular formula is C12H12FN5O2S. The zero-order chi connectivity index (χ0) is 15.2. The van der Waals surface area contributed by atoms with Crippen LogP contribution in [-0.4, -0.2) is 32.3 Å². The zero-order valence-corrected chi connectivity index (χ0v) is 11.9. The Labute approximate surface area is 123 Å². The van der Waals surface area contributed by atoms with E-state index in [2.05, 4.69) is 21.0 Å². The maximum absolute atomic E-state index is 12.7. The van der Waals surface area contributed by atoms with Gasteiger partial charge in [-0.2, -0.15) is 0 Å². The maximum Gasteiger partial charge on any atom is 0.269 e. The number of aryl methyl sites for hydroxylation is 1. The van der Waals surface area contributed by atoms with Gasteiger partial charge in [0.05, 0.1) is 5.75 Å². The highest BCUT2D eigenvalue weighted by Gasteiger charge is 2.09. The molecule has 7 nitrogen and oxygen atoms in total. The molecule has 0 radical (unpaired) electrons. The Kier molecular flexibility index (Phi) is 4.88. The number of amides is 2. The van der Waals surface area contributed by atoms with Crippen LogP contribution in [0.5, 0.6) is 0 Å². The second-order valence-corrected chi connectivity index (χ2v) is 4.96. The molecule has 1 aromatic heterocycles. The van der Waals surface area contributed by atoms with Gasteiger partial charge in [-0.25, -0.2) is 4.39 Å². The summed E-state index contributed by atoms with van der Waals surface area (Å²) in [6.07, 6.45) is 1.52. The van der Waals surface area contributed by atoms with Gasteiger partial charge in [0.15, 0.2) is 5.16 Å². The van der Waals surface area contributed by atoms with Gasteiger partial charge in [0.2, 0.25) is 5.91 Å². The summed E-state index contributed by atoms with van der Waals surface area (Å²) in [6.45, 7) is 0. The summed E-state index contributed by atoms with van der Waals surface area (Å²) in [5.41, 5.74) is 4.76. The monoisotopic (exact) mass is 309 g/mol. The smallest absolute Gasteiger partial charge is 0.269 e. The van der Waals surface area contributed by atoms with Gasteiger partial charge in [0.1, 0.15) is 12.1 Å². The second-order valence-electron chi connectivity index (χ2n) is 4.02. The Morgan fingerprint density at radius 1 is 1.29 bits per heavy atom. The summed E-state index contributed by atoms with van der Waals surface area (Å²) < 4.78 is 14.4. The van der Waals surface area contributed by atoms with Gasteiger partial charge in [-0.15, -0.1) is 10.2 Å². The Balaban J connectivity index is 1.77. The number of carbonyl (C=O) groups is 2. The summed E-state index contributed by atoms with van der Waals surface area (Å²) in [5.74, 6) is -1.27. The number of nitrogens with zero attached hydrogens (tertiary/aromatic N) is 3. The van der Waals surface area contributed by atoms with Crippen molar-refractivity contribution in [3.63, 3.8) is 0 Å². The number of carbonyl (C=O) groups excluding carboxylic acids is 2. The van der Waals surface area contributed by atoms with Gasteiger partial charge in [-0.05, 0) is 24.3 Å². The Bertz CT molecular complexity index is 643. The van der Waals surface area contributed by atoms with Crippen molar-refractivity contribution in [3.05, 3.63) is 42.0 Å². The van der Waals surface area contributed by atoms with Crippen molar-refractivity contribution in [1.82, 2.24) is 25.6 Å². The fourth-order valence-electron chi connectivity index (χ4n) is 1.37. The van der Waals surface area contributed by atoms with E-state index in [1.807, 2.05) is 0 Å². The van der Waals surface area contributed by atoms with E-state index in [1.165, 1.54) is 42.4 Å². The third-order valence-corrected chi connectivity index (χ3v) is 3.46. The van der Waals surface area contributed by atoms with Gasteiger partial charge in [-0.3, -0.25) is 20.4 Å². The van der Waals surface area contributed by atoms with Crippen LogP contribution in [-0.2, 0) is 11.8 Å². The first kappa shape index (κ1) is 15.0. The molecule has 0 aliphatic heterocycles. The van der Waals surface area contributed by atoms with Crippen molar-refractivity contribution in [1.29, 1.82) is 0 Å². The van der Waals surface area contributed by atoms with Crippen molar-refractivity contribution in [2.75, 3.05) is 5.75 Å². The number of hydrazine groups is 1. The summed E-state index contributed by atoms with van der Waals surface area (Å²) in [4.78, 5) is 23.2. The van der Waals surface area contributed by atoms with E-state index < -0.39 is 17.6 Å². The van der Waals surface area contributed by atoms with Gasteiger partial charge in [0, 0.05) is 12.6 Å². The van der Waals surface area contributed by atoms with Crippen LogP contribution in [0.1, 0.15) is 10.4 Å². The Hall–Kier alpha value is -2.42. The fraction of sp³-hybridized carbons (Fsp3) is 0.167. The lowest BCUT2D eigenvalue weighted by Gasteiger charge is -2.07. The van der Waals surface area contributed by atoms with Crippen LogP contribution < -0.4 is 10.9 Å². The topological polar surface area (TPSA) is 88.9 Å². The minimum atomic E-state index is -0.521. The fourth-order valence-corrected chi connectivity index (χ4v) is 2.06. The molecule has 2 aromatic rings. The minimum absolute atomic E-state index is 0.0796. The SMILES string of the molecule is Cn1cnnc1SCC(=O)NNC(=O)c1ccc(F)cc1. The molecule has 2 N–H and O–H groups in total. The normalized spacial score (nSPS) is 10.2. The van der Waals surface area contributed by atoms with E-state index >= 15 is 0 Å². The van der Waals surface area contributed by atoms with Crippen LogP contribution >= 0.6 is 11.8 Å². The second kappa shape index (κ2) is 6.84. The van der Waals surface area contributed by atoms with Crippen LogP contribution in [0.25, 0.3) is 0 Å². The highest BCUT2D eigenvalue weighted by Crippen LogP contribution is 2.12. The van der Waals surface area contributed by atoms with E-state index in [-0.39, 0.29) is 11.3 Å². The number of rotatable bonds is 4. The van der Waals surface area contributed by atoms with Gasteiger partial charge in [0.25, 0.3) is 5.91 Å². The average molecular weight is 309 g/mol. The Morgan fingerprint density at radius 2 is 2.00 bits per heavy atom. The molecule has 0 saturated heterocycles. The lowest BCUT2D eigenvalue weighted by atomic mass is 10.2. The van der Waals surface area contributed by atoms with E-state index in [9.17, 15) is 14.0 Å². The number of thioether (sulfide) groups is 1. The first-order chi connectivity index (χ1) is 10.1. The highest BCUT2D eigenvalue weighted by atomic mass is 32.2. The molecule has 0 saturated carbocycles. The number of hydrogen-bond donors (Lipinski definition) is 2. The van der Waals surface area contributed by atoms with E-state index in [0.29, 0.717) is 5.16 Å². The molecule has 1 aromatic carbocycles. The minimum Gasteiger partial charge on any atom is -0.312 e. The molecule has 0 aliphatic carbocycles. The number of hydrogen-bond acceptors (Lipinski definition) is 5. The van der Waals surface area contributed by atoms with Crippen molar-refractivity contribution in [3.8, 4) is 0 Å². The molecule has 1 heterocycles. The van der Waals surface area contributed by atoms with Crippen molar-refractivity contribution < 1.29 is 14.0 Å². The van der Waals surface area contributed by atoms with Crippen LogP contribution in [0.15, 0.2) is 35.7 Å². The summed E-state index contributed by atoms with van der Waals surface area (Å²) in [5, 5.41) is 8.09. The molecule has 0 spiro atoms. The van der Waals surface area contributed by atoms with Crippen molar-refractivity contribution >= 4 is 23.6 Å². The molecule has 0 bridgehead atoms. The van der Waals surface area contributed by atoms with Crippen LogP contribution in [0, 0.1) is 5.82 Å². The summed E-state index contributed by atoms with van der Waals surface area (Å²) in [6, 6.07) is 4.98. The van der Waals surface area contributed by atoms with Crippen molar-refractivity contribution in [2.24, 2.45) is 7.05 Å². The summed E-state index contributed by atoms with van der Waals surface area (Å²) >= 11 is 1.19. The molecular weight excluding hydrogens is 297 g/mol. The Morgan fingerprint density at radius 3 is 2.62 bits per heavy atom. The van der Waals surface area contributed by atoms with Gasteiger partial charge < -0.3 is 4.57 Å². The zero-order valence-electron chi connectivity index (χ0n) is 11.0. The largest absolute Gasteiger partial charge is 0.312 e. The van der Waals surface area contributed by atoms with Crippen LogP contribution in [0.3, 0.4) is 0 Å². The number of nitrogens with one attached hydrogen (secondary N) is 2. The molecule has 0 aliphatic rings. The van der Waals surface area contributed by atoms with E-state index in [1.54, 1.807) is 11.6 Å². The van der Waals surface area contributed by atoms with Gasteiger partial charge in [-0.1, -0.05) is 11.8 Å². The van der Waals surface area contributed by atoms with Crippen molar-refractivity contribution in [2.45, 2.75) is 5.16 Å². The molecule has 9 heteroatoms. The molecule has 2 amide bonds. The predicted octanol–water partition coefficient (Wildman–Crippen LogP) is 0.507. The number of benzene rings is 1. The molecule has 0 fully saturated rings. The quantitative estimate of drug-likeness (QED) is 0.634. The predicted molar refractivity (Wildman–Crippen MR) is 73.7 cm³/mol. The molecule has 0 unspecified atom stereocenters. The summed E-state index contributed by atoms with van der Waals surface area (Å²) in [7, 11) is 1.76. The lowest BCUT2D eigenvalue weighted by molar-refractivity contribution is -0.119. The number of aromatic nitrogens is 3. The molecule has 110 valence electrons. The third-order valence-electron chi connectivity index (χ3n) is 2.42. The van der Waals surface area contributed by atoms with E-state index in [4.69, 9.17) is 0 Å². The number of halogens is 1. The van der Waals surface area contributed by atoms with Crippen LogP contribution in [0.4, 0.5) is 4.39 Å². The van der Waals surface area contributed by atoms with Crippen LogP contribution in [0.2, 0.25) is 0 Å².